The predicted octanol–water partition coefficient (Wildman–Crippen LogP) is 4.89. The van der Waals surface area contributed by atoms with E-state index in [1.54, 1.807) is 18.2 Å². The summed E-state index contributed by atoms with van der Waals surface area (Å²) in [4.78, 5) is 25.2. The van der Waals surface area contributed by atoms with Gasteiger partial charge in [0.1, 0.15) is 29.2 Å². The Labute approximate surface area is 230 Å². The molecule has 0 saturated carbocycles. The number of ether oxygens (including phenoxy) is 2. The number of hydrogen-bond donors (Lipinski definition) is 1. The van der Waals surface area contributed by atoms with E-state index in [0.29, 0.717) is 29.8 Å². The average Bonchev–Trinajstić information content (AvgIpc) is 3.53. The van der Waals surface area contributed by atoms with Crippen LogP contribution >= 0.6 is 11.3 Å². The number of anilines is 1. The van der Waals surface area contributed by atoms with E-state index >= 15 is 0 Å². The van der Waals surface area contributed by atoms with E-state index < -0.39 is 5.97 Å². The summed E-state index contributed by atoms with van der Waals surface area (Å²) in [5.41, 5.74) is 1.98. The fourth-order valence-corrected chi connectivity index (χ4v) is 5.96. The minimum Gasteiger partial charge on any atom is -0.478 e. The number of carboxylic acid groups (broad SMARTS) is 1. The number of benzene rings is 1. The second-order valence-corrected chi connectivity index (χ2v) is 11.2. The van der Waals surface area contributed by atoms with Crippen LogP contribution in [0, 0.1) is 17.2 Å². The molecular formula is C29H29N5O4S. The number of hydrogen-bond acceptors (Lipinski definition) is 8. The molecule has 39 heavy (non-hydrogen) atoms. The van der Waals surface area contributed by atoms with E-state index in [9.17, 15) is 9.90 Å². The highest BCUT2D eigenvalue weighted by Gasteiger charge is 2.26. The molecule has 10 heteroatoms. The summed E-state index contributed by atoms with van der Waals surface area (Å²) >= 11 is 1.43. The van der Waals surface area contributed by atoms with Crippen molar-refractivity contribution in [1.82, 2.24) is 14.5 Å². The molecule has 0 bridgehead atoms. The molecule has 2 saturated heterocycles. The van der Waals surface area contributed by atoms with Crippen molar-refractivity contribution in [2.75, 3.05) is 24.6 Å². The van der Waals surface area contributed by atoms with Crippen molar-refractivity contribution < 1.29 is 19.4 Å². The molecular weight excluding hydrogens is 514 g/mol. The zero-order valence-corrected chi connectivity index (χ0v) is 22.3. The fraction of sp³-hybridized carbons (Fsp3) is 0.379. The first kappa shape index (κ1) is 25.3. The highest BCUT2D eigenvalue weighted by molar-refractivity contribution is 7.12. The van der Waals surface area contributed by atoms with E-state index in [0.717, 1.165) is 72.9 Å². The smallest absolute Gasteiger partial charge is 0.335 e. The molecule has 2 fully saturated rings. The van der Waals surface area contributed by atoms with Gasteiger partial charge in [0.05, 0.1) is 29.2 Å². The number of nitriles is 1. The molecule has 5 heterocycles. The van der Waals surface area contributed by atoms with Crippen LogP contribution in [0.4, 0.5) is 5.82 Å². The van der Waals surface area contributed by atoms with Crippen molar-refractivity contribution in [1.29, 1.82) is 5.26 Å². The number of carboxylic acids is 1. The number of aromatic carboxylic acids is 1. The summed E-state index contributed by atoms with van der Waals surface area (Å²) in [5.74, 6) is 2.04. The molecule has 1 atom stereocenters. The Morgan fingerprint density at radius 3 is 2.72 bits per heavy atom. The van der Waals surface area contributed by atoms with Crippen molar-refractivity contribution in [2.45, 2.75) is 44.9 Å². The molecule has 0 unspecified atom stereocenters. The molecule has 9 nitrogen and oxygen atoms in total. The first-order chi connectivity index (χ1) is 19.1. The molecule has 4 aromatic rings. The lowest BCUT2D eigenvalue weighted by molar-refractivity contribution is -0.0590. The lowest BCUT2D eigenvalue weighted by Crippen LogP contribution is -2.35. The van der Waals surface area contributed by atoms with E-state index in [-0.39, 0.29) is 11.7 Å². The number of piperidine rings is 1. The number of pyridine rings is 1. The second kappa shape index (κ2) is 11.0. The summed E-state index contributed by atoms with van der Waals surface area (Å²) in [6.45, 7) is 3.67. The van der Waals surface area contributed by atoms with Crippen LogP contribution in [0.15, 0.2) is 48.5 Å². The van der Waals surface area contributed by atoms with E-state index in [2.05, 4.69) is 15.5 Å². The molecule has 1 aromatic carbocycles. The topological polar surface area (TPSA) is 114 Å². The third-order valence-electron chi connectivity index (χ3n) is 7.51. The van der Waals surface area contributed by atoms with Crippen LogP contribution in [-0.4, -0.2) is 51.4 Å². The highest BCUT2D eigenvalue weighted by atomic mass is 32.1. The molecule has 0 spiro atoms. The van der Waals surface area contributed by atoms with E-state index in [1.165, 1.54) is 11.3 Å². The summed E-state index contributed by atoms with van der Waals surface area (Å²) < 4.78 is 13.8. The van der Waals surface area contributed by atoms with Gasteiger partial charge in [0.15, 0.2) is 0 Å². The van der Waals surface area contributed by atoms with Crippen molar-refractivity contribution in [3.8, 4) is 11.9 Å². The van der Waals surface area contributed by atoms with Gasteiger partial charge in [0.2, 0.25) is 5.88 Å². The Hall–Kier alpha value is -3.94. The number of aromatic nitrogens is 3. The van der Waals surface area contributed by atoms with Gasteiger partial charge in [-0.15, -0.1) is 11.3 Å². The SMILES string of the molecule is N#Cc1ccc(COc2cccc(N3CCC(Cc4nc5ccc(C(=O)O)cc5n4C[C@@H]4CCO4)CC3)n2)s1. The number of nitrogens with zero attached hydrogens (tertiary/aromatic N) is 5. The number of fused-ring (bicyclic) bond motifs is 1. The zero-order valence-electron chi connectivity index (χ0n) is 21.5. The Bertz CT molecular complexity index is 1530. The van der Waals surface area contributed by atoms with Crippen molar-refractivity contribution in [2.24, 2.45) is 5.92 Å². The van der Waals surface area contributed by atoms with Gasteiger partial charge in [-0.2, -0.15) is 10.2 Å². The van der Waals surface area contributed by atoms with E-state index in [4.69, 9.17) is 24.7 Å². The van der Waals surface area contributed by atoms with Crippen LogP contribution < -0.4 is 9.64 Å². The quantitative estimate of drug-likeness (QED) is 0.318. The highest BCUT2D eigenvalue weighted by Crippen LogP contribution is 2.29. The van der Waals surface area contributed by atoms with Crippen LogP contribution in [0.3, 0.4) is 0 Å². The molecule has 2 aliphatic rings. The predicted molar refractivity (Wildman–Crippen MR) is 147 cm³/mol. The molecule has 1 N–H and O–H groups in total. The fourth-order valence-electron chi connectivity index (χ4n) is 5.24. The third-order valence-corrected chi connectivity index (χ3v) is 8.47. The van der Waals surface area contributed by atoms with Gasteiger partial charge in [-0.25, -0.2) is 9.78 Å². The number of carbonyl (C=O) groups is 1. The first-order valence-corrected chi connectivity index (χ1v) is 14.0. The molecule has 0 aliphatic carbocycles. The minimum atomic E-state index is -0.929. The molecule has 0 radical (unpaired) electrons. The van der Waals surface area contributed by atoms with E-state index in [1.807, 2.05) is 30.3 Å². The maximum Gasteiger partial charge on any atom is 0.335 e. The molecule has 3 aromatic heterocycles. The summed E-state index contributed by atoms with van der Waals surface area (Å²) in [7, 11) is 0. The maximum atomic E-state index is 11.6. The number of thiophene rings is 1. The standard InChI is InChI=1S/C29H29N5O4S/c30-16-22-5-6-23(39-22)18-38-28-3-1-2-26(32-28)33-11-8-19(9-12-33)14-27-31-24-7-4-20(29(35)36)15-25(24)34(27)17-21-10-13-37-21/h1-7,15,19,21H,8-14,17-18H2,(H,35,36)/t21-/m0/s1. The lowest BCUT2D eigenvalue weighted by atomic mass is 9.93. The third kappa shape index (κ3) is 5.60. The molecule has 0 amide bonds. The van der Waals surface area contributed by atoms with Crippen LogP contribution in [0.25, 0.3) is 11.0 Å². The minimum absolute atomic E-state index is 0.158. The second-order valence-electron chi connectivity index (χ2n) is 10.1. The Morgan fingerprint density at radius 1 is 1.15 bits per heavy atom. The van der Waals surface area contributed by atoms with Gasteiger partial charge < -0.3 is 24.0 Å². The van der Waals surface area contributed by atoms with Crippen LogP contribution in [0.1, 0.15) is 45.2 Å². The summed E-state index contributed by atoms with van der Waals surface area (Å²) in [5, 5.41) is 18.5. The summed E-state index contributed by atoms with van der Waals surface area (Å²) in [6, 6.07) is 16.9. The van der Waals surface area contributed by atoms with Gasteiger partial charge in [0.25, 0.3) is 0 Å². The molecule has 6 rings (SSSR count). The Morgan fingerprint density at radius 2 is 2.00 bits per heavy atom. The van der Waals surface area contributed by atoms with Gasteiger partial charge in [-0.3, -0.25) is 0 Å². The Balaban J connectivity index is 1.11. The molecule has 200 valence electrons. The van der Waals surface area contributed by atoms with Gasteiger partial charge >= 0.3 is 5.97 Å². The normalized spacial score (nSPS) is 17.6. The lowest BCUT2D eigenvalue weighted by Gasteiger charge is -2.33. The number of imidazole rings is 1. The van der Waals surface area contributed by atoms with Crippen LogP contribution in [0.5, 0.6) is 5.88 Å². The molecule has 2 aliphatic heterocycles. The van der Waals surface area contributed by atoms with Crippen molar-refractivity contribution in [3.63, 3.8) is 0 Å². The van der Waals surface area contributed by atoms with Crippen molar-refractivity contribution in [3.05, 3.63) is 69.7 Å². The maximum absolute atomic E-state index is 11.6. The van der Waals surface area contributed by atoms with Crippen molar-refractivity contribution >= 4 is 34.2 Å². The number of rotatable bonds is 9. The monoisotopic (exact) mass is 543 g/mol. The summed E-state index contributed by atoms with van der Waals surface area (Å²) in [6.07, 6.45) is 4.05. The largest absolute Gasteiger partial charge is 0.478 e. The first-order valence-electron chi connectivity index (χ1n) is 13.2. The van der Waals surface area contributed by atoms with Gasteiger partial charge in [-0.1, -0.05) is 6.07 Å². The van der Waals surface area contributed by atoms with Crippen LogP contribution in [0.2, 0.25) is 0 Å². The van der Waals surface area contributed by atoms with Crippen LogP contribution in [-0.2, 0) is 24.3 Å². The Kier molecular flexibility index (Phi) is 7.18. The van der Waals surface area contributed by atoms with Gasteiger partial charge in [0, 0.05) is 37.1 Å². The van der Waals surface area contributed by atoms with Gasteiger partial charge in [-0.05, 0) is 61.6 Å². The zero-order chi connectivity index (χ0) is 26.8. The average molecular weight is 544 g/mol.